The number of aromatic nitrogens is 1. The van der Waals surface area contributed by atoms with Crippen molar-refractivity contribution in [2.45, 2.75) is 44.3 Å². The normalized spacial score (nSPS) is 25.7. The molecule has 2 atom stereocenters. The number of hydrogen-bond acceptors (Lipinski definition) is 4. The smallest absolute Gasteiger partial charge is 0.343 e. The number of benzene rings is 1. The molecule has 142 valence electrons. The molecule has 1 N–H and O–H groups in total. The van der Waals surface area contributed by atoms with E-state index in [1.165, 1.54) is 23.5 Å². The van der Waals surface area contributed by atoms with Gasteiger partial charge in [-0.1, -0.05) is 12.1 Å². The first-order chi connectivity index (χ1) is 12.6. The Kier molecular flexibility index (Phi) is 3.96. The third-order valence-corrected chi connectivity index (χ3v) is 6.41. The predicted molar refractivity (Wildman–Crippen MR) is 94.3 cm³/mol. The van der Waals surface area contributed by atoms with Gasteiger partial charge in [-0.25, -0.2) is 4.98 Å². The number of thiazole rings is 1. The molecule has 1 aromatic carbocycles. The maximum Gasteiger partial charge on any atom is 0.416 e. The molecule has 1 aromatic heterocycles. The van der Waals surface area contributed by atoms with E-state index in [9.17, 15) is 22.8 Å². The van der Waals surface area contributed by atoms with Crippen molar-refractivity contribution in [1.29, 1.82) is 0 Å². The van der Waals surface area contributed by atoms with Gasteiger partial charge in [0.15, 0.2) is 5.78 Å². The van der Waals surface area contributed by atoms with E-state index in [0.717, 1.165) is 29.9 Å². The lowest BCUT2D eigenvalue weighted by Crippen LogP contribution is -2.45. The van der Waals surface area contributed by atoms with E-state index in [1.54, 1.807) is 13.8 Å². The maximum atomic E-state index is 12.9. The Bertz CT molecular complexity index is 931. The zero-order valence-electron chi connectivity index (χ0n) is 14.7. The number of hydrogen-bond donors (Lipinski definition) is 1. The van der Waals surface area contributed by atoms with Crippen molar-refractivity contribution >= 4 is 23.0 Å². The minimum atomic E-state index is -4.40. The molecule has 1 saturated heterocycles. The van der Waals surface area contributed by atoms with E-state index in [2.05, 4.69) is 10.3 Å². The molecule has 0 spiro atoms. The highest BCUT2D eigenvalue weighted by molar-refractivity contribution is 7.15. The molecule has 1 aliphatic carbocycles. The fourth-order valence-electron chi connectivity index (χ4n) is 3.62. The highest BCUT2D eigenvalue weighted by atomic mass is 32.1. The third kappa shape index (κ3) is 2.96. The Morgan fingerprint density at radius 3 is 2.37 bits per heavy atom. The summed E-state index contributed by atoms with van der Waals surface area (Å²) in [6, 6.07) is 4.72. The molecule has 1 amide bonds. The first-order valence-corrected chi connectivity index (χ1v) is 9.44. The molecule has 8 heteroatoms. The second-order valence-corrected chi connectivity index (χ2v) is 8.50. The van der Waals surface area contributed by atoms with Crippen molar-refractivity contribution in [3.05, 3.63) is 40.4 Å². The maximum absolute atomic E-state index is 12.9. The molecule has 2 unspecified atom stereocenters. The number of aryl methyl sites for hydroxylation is 1. The Morgan fingerprint density at radius 1 is 1.19 bits per heavy atom. The second-order valence-electron chi connectivity index (χ2n) is 7.30. The fourth-order valence-corrected chi connectivity index (χ4v) is 4.58. The van der Waals surface area contributed by atoms with Crippen molar-refractivity contribution < 1.29 is 22.8 Å². The number of carbonyl (C=O) groups is 2. The second kappa shape index (κ2) is 5.89. The summed E-state index contributed by atoms with van der Waals surface area (Å²) in [5, 5.41) is 3.34. The van der Waals surface area contributed by atoms with Crippen molar-refractivity contribution in [2.24, 2.45) is 5.92 Å². The summed E-state index contributed by atoms with van der Waals surface area (Å²) >= 11 is 1.27. The van der Waals surface area contributed by atoms with Crippen LogP contribution in [-0.2, 0) is 15.8 Å². The van der Waals surface area contributed by atoms with Gasteiger partial charge in [0.2, 0.25) is 5.91 Å². The molecule has 2 heterocycles. The number of ketones is 1. The average molecular weight is 394 g/mol. The minimum absolute atomic E-state index is 0.164. The summed E-state index contributed by atoms with van der Waals surface area (Å²) in [5.41, 5.74) is -0.642. The summed E-state index contributed by atoms with van der Waals surface area (Å²) in [7, 11) is 0. The van der Waals surface area contributed by atoms with Gasteiger partial charge in [0.25, 0.3) is 0 Å². The summed E-state index contributed by atoms with van der Waals surface area (Å²) < 4.78 is 38.2. The third-order valence-electron chi connectivity index (χ3n) is 5.38. The van der Waals surface area contributed by atoms with Crippen LogP contribution in [-0.4, -0.2) is 22.2 Å². The van der Waals surface area contributed by atoms with E-state index in [0.29, 0.717) is 16.3 Å². The van der Waals surface area contributed by atoms with Gasteiger partial charge in [0.05, 0.1) is 16.8 Å². The van der Waals surface area contributed by atoms with Crippen LogP contribution in [0.15, 0.2) is 24.3 Å². The van der Waals surface area contributed by atoms with E-state index in [4.69, 9.17) is 0 Å². The van der Waals surface area contributed by atoms with Crippen LogP contribution in [0.2, 0.25) is 0 Å². The Morgan fingerprint density at radius 2 is 1.81 bits per heavy atom. The van der Waals surface area contributed by atoms with E-state index < -0.39 is 23.2 Å². The fraction of sp³-hybridized carbons (Fsp3) is 0.421. The number of halogens is 3. The predicted octanol–water partition coefficient (Wildman–Crippen LogP) is 4.09. The van der Waals surface area contributed by atoms with Gasteiger partial charge in [0, 0.05) is 10.4 Å². The summed E-state index contributed by atoms with van der Waals surface area (Å²) in [4.78, 5) is 30.6. The van der Waals surface area contributed by atoms with Gasteiger partial charge < -0.3 is 5.32 Å². The lowest BCUT2D eigenvalue weighted by Gasteiger charge is -2.21. The zero-order valence-corrected chi connectivity index (χ0v) is 15.5. The van der Waals surface area contributed by atoms with Crippen LogP contribution in [0.25, 0.3) is 10.6 Å². The van der Waals surface area contributed by atoms with Gasteiger partial charge in [0.1, 0.15) is 10.9 Å². The van der Waals surface area contributed by atoms with Crippen LogP contribution in [0.5, 0.6) is 0 Å². The minimum Gasteiger partial charge on any atom is -0.343 e. The molecule has 27 heavy (non-hydrogen) atoms. The van der Waals surface area contributed by atoms with Crippen LogP contribution < -0.4 is 5.32 Å². The lowest BCUT2D eigenvalue weighted by molar-refractivity contribution is -0.137. The van der Waals surface area contributed by atoms with Crippen molar-refractivity contribution in [1.82, 2.24) is 10.3 Å². The highest BCUT2D eigenvalue weighted by Gasteiger charge is 2.57. The van der Waals surface area contributed by atoms with Gasteiger partial charge in [-0.05, 0) is 44.7 Å². The molecule has 2 fully saturated rings. The molecule has 0 bridgehead atoms. The summed E-state index contributed by atoms with van der Waals surface area (Å²) in [5.74, 6) is -1.29. The molecule has 2 aromatic rings. The summed E-state index contributed by atoms with van der Waals surface area (Å²) in [6.07, 6.45) is -2.56. The number of alkyl halides is 3. The van der Waals surface area contributed by atoms with Crippen LogP contribution in [0, 0.1) is 12.8 Å². The van der Waals surface area contributed by atoms with Gasteiger partial charge in [-0.3, -0.25) is 9.59 Å². The monoisotopic (exact) mass is 394 g/mol. The van der Waals surface area contributed by atoms with Crippen molar-refractivity contribution in [2.75, 3.05) is 0 Å². The molecule has 1 saturated carbocycles. The quantitative estimate of drug-likeness (QED) is 0.798. The topological polar surface area (TPSA) is 59.1 Å². The number of Topliss-reactive ketones (excluding diaryl/α,β-unsaturated/α-hetero) is 1. The molecular formula is C19H17F3N2O2S. The lowest BCUT2D eigenvalue weighted by atomic mass is 9.87. The standard InChI is InChI=1S/C19H17F3N2O2S/c1-9-14(13-15(25)18(2,11-7-8-11)24-16(13)26)23-17(27-9)10-3-5-12(6-4-10)19(20,21)22/h3-6,11,13H,7-8H2,1-2H3,(H,24,26). The van der Waals surface area contributed by atoms with Crippen LogP contribution >= 0.6 is 11.3 Å². The Balaban J connectivity index is 1.66. The zero-order chi connectivity index (χ0) is 19.6. The Hall–Kier alpha value is -2.22. The molecule has 1 aliphatic heterocycles. The van der Waals surface area contributed by atoms with Crippen molar-refractivity contribution in [3.63, 3.8) is 0 Å². The first-order valence-electron chi connectivity index (χ1n) is 8.62. The van der Waals surface area contributed by atoms with Crippen molar-refractivity contribution in [3.8, 4) is 10.6 Å². The molecule has 0 radical (unpaired) electrons. The highest BCUT2D eigenvalue weighted by Crippen LogP contribution is 2.46. The van der Waals surface area contributed by atoms with Gasteiger partial charge in [-0.2, -0.15) is 13.2 Å². The van der Waals surface area contributed by atoms with E-state index >= 15 is 0 Å². The summed E-state index contributed by atoms with van der Waals surface area (Å²) in [6.45, 7) is 3.54. The van der Waals surface area contributed by atoms with Crippen LogP contribution in [0.1, 0.15) is 41.8 Å². The van der Waals surface area contributed by atoms with Crippen LogP contribution in [0.4, 0.5) is 13.2 Å². The van der Waals surface area contributed by atoms with E-state index in [-0.39, 0.29) is 17.6 Å². The molecular weight excluding hydrogens is 377 g/mol. The number of rotatable bonds is 3. The number of nitrogens with one attached hydrogen (secondary N) is 1. The number of nitrogens with zero attached hydrogens (tertiary/aromatic N) is 1. The Labute approximate surface area is 157 Å². The van der Waals surface area contributed by atoms with Gasteiger partial charge >= 0.3 is 6.18 Å². The average Bonchev–Trinajstić information content (AvgIpc) is 3.35. The first kappa shape index (κ1) is 18.2. The van der Waals surface area contributed by atoms with Crippen LogP contribution in [0.3, 0.4) is 0 Å². The SMILES string of the molecule is Cc1sc(-c2ccc(C(F)(F)F)cc2)nc1C1C(=O)NC(C)(C2CC2)C1=O. The number of amides is 1. The van der Waals surface area contributed by atoms with E-state index in [1.807, 2.05) is 0 Å². The van der Waals surface area contributed by atoms with Gasteiger partial charge in [-0.15, -0.1) is 11.3 Å². The molecule has 2 aliphatic rings. The number of carbonyl (C=O) groups excluding carboxylic acids is 2. The molecule has 4 rings (SSSR count). The molecule has 4 nitrogen and oxygen atoms in total. The largest absolute Gasteiger partial charge is 0.416 e.